The van der Waals surface area contributed by atoms with Gasteiger partial charge < -0.3 is 10.0 Å². The topological polar surface area (TPSA) is 23.5 Å². The van der Waals surface area contributed by atoms with Gasteiger partial charge in [0, 0.05) is 12.6 Å². The maximum absolute atomic E-state index is 12.4. The van der Waals surface area contributed by atoms with E-state index in [1.54, 1.807) is 11.9 Å². The summed E-state index contributed by atoms with van der Waals surface area (Å²) in [6, 6.07) is -0.133. The van der Waals surface area contributed by atoms with Gasteiger partial charge in [-0.3, -0.25) is 0 Å². The molecule has 2 atom stereocenters. The number of alkyl halides is 3. The lowest BCUT2D eigenvalue weighted by atomic mass is 9.95. The number of aliphatic hydroxyl groups excluding tert-OH is 1. The van der Waals surface area contributed by atoms with Crippen molar-refractivity contribution in [3.8, 4) is 0 Å². The first-order valence-corrected chi connectivity index (χ1v) is 8.35. The minimum absolute atomic E-state index is 0.0226. The average Bonchev–Trinajstić information content (AvgIpc) is 2.39. The van der Waals surface area contributed by atoms with Gasteiger partial charge >= 0.3 is 6.18 Å². The van der Waals surface area contributed by atoms with Gasteiger partial charge in [0.25, 0.3) is 0 Å². The van der Waals surface area contributed by atoms with Crippen molar-refractivity contribution >= 4 is 0 Å². The maximum Gasteiger partial charge on any atom is 0.390 e. The number of nitrogens with zero attached hydrogens (tertiary/aromatic N) is 1. The summed E-state index contributed by atoms with van der Waals surface area (Å²) in [4.78, 5) is 1.71. The number of halogens is 3. The van der Waals surface area contributed by atoms with Crippen LogP contribution in [0.25, 0.3) is 0 Å². The molecule has 0 aliphatic heterocycles. The monoisotopic (exact) mass is 309 g/mol. The molecule has 2 nitrogen and oxygen atoms in total. The lowest BCUT2D eigenvalue weighted by molar-refractivity contribution is -0.139. The average molecular weight is 309 g/mol. The van der Waals surface area contributed by atoms with Crippen molar-refractivity contribution in [2.45, 2.75) is 89.0 Å². The number of rotatable bonds is 3. The highest BCUT2D eigenvalue weighted by molar-refractivity contribution is 4.78. The predicted octanol–water partition coefficient (Wildman–Crippen LogP) is 4.51. The van der Waals surface area contributed by atoms with Crippen molar-refractivity contribution in [2.75, 3.05) is 13.6 Å². The Morgan fingerprint density at radius 1 is 0.905 bits per heavy atom. The Balaban J connectivity index is 2.50. The third-order valence-corrected chi connectivity index (χ3v) is 4.51. The van der Waals surface area contributed by atoms with Crippen molar-refractivity contribution in [3.05, 3.63) is 0 Å². The van der Waals surface area contributed by atoms with Crippen LogP contribution in [0.1, 0.15) is 70.6 Å². The molecular formula is C16H30F3NO. The second kappa shape index (κ2) is 9.67. The second-order valence-electron chi connectivity index (χ2n) is 6.39. The first-order valence-electron chi connectivity index (χ1n) is 8.35. The van der Waals surface area contributed by atoms with Crippen LogP contribution in [0, 0.1) is 0 Å². The summed E-state index contributed by atoms with van der Waals surface area (Å²) in [5, 5.41) is 10.3. The van der Waals surface area contributed by atoms with Crippen LogP contribution in [0.5, 0.6) is 0 Å². The largest absolute Gasteiger partial charge is 0.391 e. The Bertz CT molecular complexity index is 271. The predicted molar refractivity (Wildman–Crippen MR) is 79.3 cm³/mol. The smallest absolute Gasteiger partial charge is 0.390 e. The molecule has 0 aromatic rings. The zero-order valence-electron chi connectivity index (χ0n) is 13.2. The molecular weight excluding hydrogens is 279 g/mol. The van der Waals surface area contributed by atoms with Gasteiger partial charge in [0.2, 0.25) is 0 Å². The van der Waals surface area contributed by atoms with E-state index in [0.717, 1.165) is 32.1 Å². The SMILES string of the molecule is CN(CCC(F)(F)F)C1CCCCCCCCCCC1O. The fourth-order valence-electron chi connectivity index (χ4n) is 3.14. The zero-order chi connectivity index (χ0) is 15.7. The number of hydrogen-bond donors (Lipinski definition) is 1. The molecule has 1 fully saturated rings. The molecule has 1 rings (SSSR count). The van der Waals surface area contributed by atoms with Crippen molar-refractivity contribution in [2.24, 2.45) is 0 Å². The van der Waals surface area contributed by atoms with Crippen molar-refractivity contribution in [1.82, 2.24) is 4.90 Å². The van der Waals surface area contributed by atoms with Gasteiger partial charge in [-0.25, -0.2) is 0 Å². The normalized spacial score (nSPS) is 27.1. The van der Waals surface area contributed by atoms with Crippen LogP contribution < -0.4 is 0 Å². The summed E-state index contributed by atoms with van der Waals surface area (Å²) in [5.74, 6) is 0. The van der Waals surface area contributed by atoms with Gasteiger partial charge in [-0.1, -0.05) is 51.4 Å². The lowest BCUT2D eigenvalue weighted by Gasteiger charge is -2.32. The molecule has 5 heteroatoms. The standard InChI is InChI=1S/C16H30F3NO/c1-20(13-12-16(17,18)19)14-10-8-6-4-2-3-5-7-9-11-15(14)21/h14-15,21H,2-13H2,1H3. The van der Waals surface area contributed by atoms with Crippen LogP contribution in [0.4, 0.5) is 13.2 Å². The molecule has 2 unspecified atom stereocenters. The fourth-order valence-corrected chi connectivity index (χ4v) is 3.14. The van der Waals surface area contributed by atoms with Crippen LogP contribution in [0.2, 0.25) is 0 Å². The number of aliphatic hydroxyl groups is 1. The quantitative estimate of drug-likeness (QED) is 0.829. The van der Waals surface area contributed by atoms with Crippen molar-refractivity contribution < 1.29 is 18.3 Å². The number of hydrogen-bond acceptors (Lipinski definition) is 2. The number of likely N-dealkylation sites (N-methyl/N-ethyl adjacent to an activating group) is 1. The Hall–Kier alpha value is -0.290. The van der Waals surface area contributed by atoms with Crippen molar-refractivity contribution in [1.29, 1.82) is 0 Å². The van der Waals surface area contributed by atoms with E-state index in [-0.39, 0.29) is 12.6 Å². The van der Waals surface area contributed by atoms with E-state index in [0.29, 0.717) is 6.42 Å². The van der Waals surface area contributed by atoms with Crippen LogP contribution >= 0.6 is 0 Å². The molecule has 0 heterocycles. The summed E-state index contributed by atoms with van der Waals surface area (Å²) < 4.78 is 37.1. The highest BCUT2D eigenvalue weighted by atomic mass is 19.4. The molecule has 1 N–H and O–H groups in total. The minimum Gasteiger partial charge on any atom is -0.391 e. The summed E-state index contributed by atoms with van der Waals surface area (Å²) >= 11 is 0. The Morgan fingerprint density at radius 2 is 1.38 bits per heavy atom. The summed E-state index contributed by atoms with van der Waals surface area (Å²) in [7, 11) is 1.71. The molecule has 1 saturated carbocycles. The van der Waals surface area contributed by atoms with E-state index in [9.17, 15) is 18.3 Å². The molecule has 0 aromatic heterocycles. The molecule has 0 saturated heterocycles. The second-order valence-corrected chi connectivity index (χ2v) is 6.39. The molecule has 126 valence electrons. The minimum atomic E-state index is -4.12. The Labute approximate surface area is 126 Å². The third-order valence-electron chi connectivity index (χ3n) is 4.51. The third kappa shape index (κ3) is 8.67. The van der Waals surface area contributed by atoms with Gasteiger partial charge in [0.1, 0.15) is 0 Å². The molecule has 0 amide bonds. The highest BCUT2D eigenvalue weighted by Gasteiger charge is 2.30. The molecule has 0 bridgehead atoms. The van der Waals surface area contributed by atoms with Crippen molar-refractivity contribution in [3.63, 3.8) is 0 Å². The van der Waals surface area contributed by atoms with E-state index in [4.69, 9.17) is 0 Å². The molecule has 1 aliphatic rings. The Kier molecular flexibility index (Phi) is 8.64. The Morgan fingerprint density at radius 3 is 1.90 bits per heavy atom. The summed E-state index contributed by atoms with van der Waals surface area (Å²) in [5.41, 5.74) is 0. The highest BCUT2D eigenvalue weighted by Crippen LogP contribution is 2.23. The maximum atomic E-state index is 12.4. The lowest BCUT2D eigenvalue weighted by Crippen LogP contribution is -2.42. The summed E-state index contributed by atoms with van der Waals surface area (Å²) in [6.45, 7) is -0.0226. The van der Waals surface area contributed by atoms with E-state index in [2.05, 4.69) is 0 Å². The molecule has 0 aromatic carbocycles. The van der Waals surface area contributed by atoms with Crippen LogP contribution in [-0.2, 0) is 0 Å². The van der Waals surface area contributed by atoms with Crippen LogP contribution in [0.15, 0.2) is 0 Å². The first-order chi connectivity index (χ1) is 9.90. The summed E-state index contributed by atoms with van der Waals surface area (Å²) in [6.07, 6.45) is 5.25. The first kappa shape index (κ1) is 18.8. The van der Waals surface area contributed by atoms with E-state index >= 15 is 0 Å². The molecule has 0 spiro atoms. The van der Waals surface area contributed by atoms with E-state index in [1.165, 1.54) is 25.7 Å². The fraction of sp³-hybridized carbons (Fsp3) is 1.00. The molecule has 0 radical (unpaired) electrons. The van der Waals surface area contributed by atoms with Crippen LogP contribution in [0.3, 0.4) is 0 Å². The zero-order valence-corrected chi connectivity index (χ0v) is 13.2. The van der Waals surface area contributed by atoms with Gasteiger partial charge in [0.15, 0.2) is 0 Å². The van der Waals surface area contributed by atoms with E-state index < -0.39 is 18.7 Å². The molecule has 1 aliphatic carbocycles. The van der Waals surface area contributed by atoms with Crippen LogP contribution in [-0.4, -0.2) is 41.9 Å². The van der Waals surface area contributed by atoms with Gasteiger partial charge in [-0.05, 0) is 19.9 Å². The molecule has 21 heavy (non-hydrogen) atoms. The van der Waals surface area contributed by atoms with E-state index in [1.807, 2.05) is 0 Å². The van der Waals surface area contributed by atoms with Gasteiger partial charge in [-0.2, -0.15) is 13.2 Å². The van der Waals surface area contributed by atoms with Gasteiger partial charge in [-0.15, -0.1) is 0 Å². The van der Waals surface area contributed by atoms with Gasteiger partial charge in [0.05, 0.1) is 12.5 Å².